The molecule has 0 radical (unpaired) electrons. The van der Waals surface area contributed by atoms with E-state index in [1.165, 1.54) is 0 Å². The van der Waals surface area contributed by atoms with Gasteiger partial charge >= 0.3 is 0 Å². The Morgan fingerprint density at radius 3 is 2.87 bits per heavy atom. The molecule has 1 saturated heterocycles. The third-order valence-electron chi connectivity index (χ3n) is 2.96. The highest BCUT2D eigenvalue weighted by atomic mass is 32.2. The summed E-state index contributed by atoms with van der Waals surface area (Å²) >= 11 is 0. The summed E-state index contributed by atoms with van der Waals surface area (Å²) in [7, 11) is -2.79. The largest absolute Gasteiger partial charge is 0.313 e. The van der Waals surface area contributed by atoms with Crippen LogP contribution in [0, 0.1) is 0 Å². The molecular formula is C11H21NO2S. The van der Waals surface area contributed by atoms with Crippen molar-refractivity contribution in [2.75, 3.05) is 12.3 Å². The minimum Gasteiger partial charge on any atom is -0.313 e. The zero-order valence-electron chi connectivity index (χ0n) is 9.41. The molecule has 1 aliphatic heterocycles. The minimum absolute atomic E-state index is 0.149. The zero-order valence-corrected chi connectivity index (χ0v) is 10.2. The SMILES string of the molecule is C=CCCC(C)NCC1CCCS1(=O)=O. The van der Waals surface area contributed by atoms with Gasteiger partial charge in [-0.1, -0.05) is 6.08 Å². The lowest BCUT2D eigenvalue weighted by molar-refractivity contribution is 0.502. The van der Waals surface area contributed by atoms with E-state index >= 15 is 0 Å². The number of hydrogen-bond acceptors (Lipinski definition) is 3. The highest BCUT2D eigenvalue weighted by Gasteiger charge is 2.30. The van der Waals surface area contributed by atoms with Crippen LogP contribution in [0.2, 0.25) is 0 Å². The molecule has 1 aliphatic rings. The standard InChI is InChI=1S/C11H21NO2S/c1-3-4-6-10(2)12-9-11-7-5-8-15(11,13)14/h3,10-12H,1,4-9H2,2H3. The zero-order chi connectivity index (χ0) is 11.3. The third-order valence-corrected chi connectivity index (χ3v) is 5.24. The van der Waals surface area contributed by atoms with E-state index in [1.54, 1.807) is 0 Å². The Kier molecular flexibility index (Phi) is 4.80. The normalized spacial score (nSPS) is 26.3. The Balaban J connectivity index is 2.28. The highest BCUT2D eigenvalue weighted by Crippen LogP contribution is 2.19. The molecule has 0 bridgehead atoms. The fourth-order valence-electron chi connectivity index (χ4n) is 1.89. The van der Waals surface area contributed by atoms with Gasteiger partial charge in [0.25, 0.3) is 0 Å². The topological polar surface area (TPSA) is 46.2 Å². The van der Waals surface area contributed by atoms with Crippen LogP contribution in [0.25, 0.3) is 0 Å². The first-order valence-electron chi connectivity index (χ1n) is 5.62. The summed E-state index contributed by atoms with van der Waals surface area (Å²) < 4.78 is 23.1. The van der Waals surface area contributed by atoms with Crippen molar-refractivity contribution in [3.63, 3.8) is 0 Å². The third kappa shape index (κ3) is 3.95. The van der Waals surface area contributed by atoms with Crippen LogP contribution < -0.4 is 5.32 Å². The second-order valence-electron chi connectivity index (χ2n) is 4.31. The molecule has 0 aliphatic carbocycles. The van der Waals surface area contributed by atoms with E-state index in [4.69, 9.17) is 0 Å². The molecule has 2 atom stereocenters. The molecule has 0 aromatic heterocycles. The van der Waals surface area contributed by atoms with E-state index in [0.717, 1.165) is 25.7 Å². The van der Waals surface area contributed by atoms with Gasteiger partial charge in [0.05, 0.1) is 11.0 Å². The first-order valence-corrected chi connectivity index (χ1v) is 7.33. The van der Waals surface area contributed by atoms with Crippen molar-refractivity contribution in [2.45, 2.75) is 43.9 Å². The molecular weight excluding hydrogens is 210 g/mol. The van der Waals surface area contributed by atoms with Crippen LogP contribution in [-0.4, -0.2) is 32.0 Å². The van der Waals surface area contributed by atoms with Crippen LogP contribution in [-0.2, 0) is 9.84 Å². The summed E-state index contributed by atoms with van der Waals surface area (Å²) in [5, 5.41) is 3.14. The molecule has 4 heteroatoms. The van der Waals surface area contributed by atoms with Crippen LogP contribution in [0.1, 0.15) is 32.6 Å². The molecule has 0 amide bonds. The Morgan fingerprint density at radius 1 is 1.60 bits per heavy atom. The average Bonchev–Trinajstić information content (AvgIpc) is 2.51. The van der Waals surface area contributed by atoms with Crippen molar-refractivity contribution in [3.05, 3.63) is 12.7 Å². The van der Waals surface area contributed by atoms with E-state index < -0.39 is 9.84 Å². The lowest BCUT2D eigenvalue weighted by Crippen LogP contribution is -2.35. The maximum Gasteiger partial charge on any atom is 0.154 e. The van der Waals surface area contributed by atoms with Crippen LogP contribution in [0.15, 0.2) is 12.7 Å². The monoisotopic (exact) mass is 231 g/mol. The fourth-order valence-corrected chi connectivity index (χ4v) is 3.67. The number of allylic oxidation sites excluding steroid dienone is 1. The second-order valence-corrected chi connectivity index (χ2v) is 6.71. The number of nitrogens with one attached hydrogen (secondary N) is 1. The van der Waals surface area contributed by atoms with Gasteiger partial charge in [0.2, 0.25) is 0 Å². The maximum absolute atomic E-state index is 11.5. The Hall–Kier alpha value is -0.350. The number of sulfone groups is 1. The summed E-state index contributed by atoms with van der Waals surface area (Å²) in [6.45, 7) is 6.37. The van der Waals surface area contributed by atoms with E-state index in [9.17, 15) is 8.42 Å². The van der Waals surface area contributed by atoms with E-state index in [2.05, 4.69) is 18.8 Å². The van der Waals surface area contributed by atoms with Crippen LogP contribution in [0.5, 0.6) is 0 Å². The van der Waals surface area contributed by atoms with E-state index in [0.29, 0.717) is 18.3 Å². The van der Waals surface area contributed by atoms with Crippen molar-refractivity contribution in [1.82, 2.24) is 5.32 Å². The summed E-state index contributed by atoms with van der Waals surface area (Å²) in [4.78, 5) is 0. The average molecular weight is 231 g/mol. The molecule has 88 valence electrons. The summed E-state index contributed by atoms with van der Waals surface area (Å²) in [5.41, 5.74) is 0. The quantitative estimate of drug-likeness (QED) is 0.705. The molecule has 0 aromatic carbocycles. The minimum atomic E-state index is -2.79. The molecule has 3 nitrogen and oxygen atoms in total. The lowest BCUT2D eigenvalue weighted by Gasteiger charge is -2.16. The van der Waals surface area contributed by atoms with Gasteiger partial charge in [-0.2, -0.15) is 0 Å². The smallest absolute Gasteiger partial charge is 0.154 e. The van der Waals surface area contributed by atoms with Gasteiger partial charge < -0.3 is 5.32 Å². The van der Waals surface area contributed by atoms with Gasteiger partial charge in [0.15, 0.2) is 9.84 Å². The van der Waals surface area contributed by atoms with Crippen LogP contribution in [0.4, 0.5) is 0 Å². The first-order chi connectivity index (χ1) is 7.06. The molecule has 1 fully saturated rings. The lowest BCUT2D eigenvalue weighted by atomic mass is 10.1. The van der Waals surface area contributed by atoms with Crippen molar-refractivity contribution < 1.29 is 8.42 Å². The Labute approximate surface area is 92.9 Å². The van der Waals surface area contributed by atoms with Gasteiger partial charge in [0, 0.05) is 12.6 Å². The molecule has 2 unspecified atom stereocenters. The molecule has 15 heavy (non-hydrogen) atoms. The van der Waals surface area contributed by atoms with Crippen molar-refractivity contribution in [1.29, 1.82) is 0 Å². The first kappa shape index (κ1) is 12.7. The van der Waals surface area contributed by atoms with E-state index in [1.807, 2.05) is 6.08 Å². The van der Waals surface area contributed by atoms with Crippen molar-refractivity contribution in [3.8, 4) is 0 Å². The fraction of sp³-hybridized carbons (Fsp3) is 0.818. The summed E-state index contributed by atoms with van der Waals surface area (Å²) in [5.74, 6) is 0.375. The van der Waals surface area contributed by atoms with Gasteiger partial charge in [0.1, 0.15) is 0 Å². The van der Waals surface area contributed by atoms with Crippen molar-refractivity contribution >= 4 is 9.84 Å². The predicted octanol–water partition coefficient (Wildman–Crippen LogP) is 1.51. The summed E-state index contributed by atoms with van der Waals surface area (Å²) in [6, 6.07) is 0.374. The molecule has 0 saturated carbocycles. The van der Waals surface area contributed by atoms with Gasteiger partial charge in [-0.3, -0.25) is 0 Å². The van der Waals surface area contributed by atoms with Crippen LogP contribution in [0.3, 0.4) is 0 Å². The Morgan fingerprint density at radius 2 is 2.33 bits per heavy atom. The number of rotatable bonds is 6. The molecule has 0 aromatic rings. The number of hydrogen-bond donors (Lipinski definition) is 1. The van der Waals surface area contributed by atoms with Gasteiger partial charge in [-0.15, -0.1) is 6.58 Å². The molecule has 1 N–H and O–H groups in total. The second kappa shape index (κ2) is 5.66. The van der Waals surface area contributed by atoms with E-state index in [-0.39, 0.29) is 5.25 Å². The maximum atomic E-state index is 11.5. The van der Waals surface area contributed by atoms with Gasteiger partial charge in [-0.05, 0) is 32.6 Å². The highest BCUT2D eigenvalue weighted by molar-refractivity contribution is 7.92. The van der Waals surface area contributed by atoms with Crippen molar-refractivity contribution in [2.24, 2.45) is 0 Å². The predicted molar refractivity (Wildman–Crippen MR) is 63.7 cm³/mol. The van der Waals surface area contributed by atoms with Crippen LogP contribution >= 0.6 is 0 Å². The molecule has 1 heterocycles. The summed E-state index contributed by atoms with van der Waals surface area (Å²) in [6.07, 6.45) is 5.55. The Bertz CT molecular complexity index is 298. The van der Waals surface area contributed by atoms with Gasteiger partial charge in [-0.25, -0.2) is 8.42 Å². The molecule has 1 rings (SSSR count). The molecule has 0 spiro atoms.